The summed E-state index contributed by atoms with van der Waals surface area (Å²) < 4.78 is 56.0. The second kappa shape index (κ2) is 11.2. The van der Waals surface area contributed by atoms with E-state index in [1.54, 1.807) is 20.8 Å². The first-order valence-corrected chi connectivity index (χ1v) is 9.13. The minimum absolute atomic E-state index is 0.0455. The van der Waals surface area contributed by atoms with E-state index < -0.39 is 47.1 Å². The lowest BCUT2D eigenvalue weighted by molar-refractivity contribution is -0.132. The van der Waals surface area contributed by atoms with Crippen molar-refractivity contribution in [2.24, 2.45) is 0 Å². The largest absolute Gasteiger partial charge is 0.443 e. The monoisotopic (exact) mass is 440 g/mol. The predicted octanol–water partition coefficient (Wildman–Crippen LogP) is 3.36. The summed E-state index contributed by atoms with van der Waals surface area (Å²) in [5.74, 6) is -6.81. The molecule has 2 amide bonds. The van der Waals surface area contributed by atoms with Gasteiger partial charge in [0.1, 0.15) is 12.4 Å². The molecule has 0 aromatic heterocycles. The van der Waals surface area contributed by atoms with Gasteiger partial charge in [-0.2, -0.15) is 0 Å². The predicted molar refractivity (Wildman–Crippen MR) is 98.7 cm³/mol. The van der Waals surface area contributed by atoms with Crippen molar-refractivity contribution in [3.05, 3.63) is 35.1 Å². The van der Waals surface area contributed by atoms with Crippen LogP contribution in [0.3, 0.4) is 0 Å². The molecule has 0 aliphatic carbocycles. The Kier molecular flexibility index (Phi) is 9.67. The molecule has 29 heavy (non-hydrogen) atoms. The summed E-state index contributed by atoms with van der Waals surface area (Å²) in [6.45, 7) is 4.63. The number of rotatable bonds is 8. The first-order valence-electron chi connectivity index (χ1n) is 8.60. The molecule has 7 nitrogen and oxygen atoms in total. The topological polar surface area (TPSA) is 85.9 Å². The van der Waals surface area contributed by atoms with Gasteiger partial charge in [0.05, 0.1) is 12.0 Å². The van der Waals surface area contributed by atoms with Gasteiger partial charge < -0.3 is 14.2 Å². The van der Waals surface area contributed by atoms with E-state index in [1.165, 1.54) is 7.11 Å². The SMILES string of the molecule is COCO[C@@H](CCCl)[C@@H](C(=O)NNC(=O)OC(C)(C)C)c1cc(F)c(F)c(F)c1. The van der Waals surface area contributed by atoms with E-state index in [-0.39, 0.29) is 24.7 Å². The fourth-order valence-electron chi connectivity index (χ4n) is 2.39. The molecule has 0 unspecified atom stereocenters. The van der Waals surface area contributed by atoms with Crippen LogP contribution in [0.5, 0.6) is 0 Å². The third-order valence-corrected chi connectivity index (χ3v) is 3.72. The Bertz CT molecular complexity index is 692. The molecule has 0 heterocycles. The fraction of sp³-hybridized carbons (Fsp3) is 0.556. The molecule has 0 fully saturated rings. The lowest BCUT2D eigenvalue weighted by atomic mass is 9.90. The summed E-state index contributed by atoms with van der Waals surface area (Å²) in [7, 11) is 1.34. The van der Waals surface area contributed by atoms with Crippen LogP contribution in [0.1, 0.15) is 38.7 Å². The van der Waals surface area contributed by atoms with E-state index in [1.807, 2.05) is 5.43 Å². The smallest absolute Gasteiger partial charge is 0.426 e. The molecule has 164 valence electrons. The van der Waals surface area contributed by atoms with Gasteiger partial charge in [-0.05, 0) is 44.9 Å². The maximum absolute atomic E-state index is 13.7. The fourth-order valence-corrected chi connectivity index (χ4v) is 2.61. The van der Waals surface area contributed by atoms with Crippen molar-refractivity contribution < 1.29 is 37.0 Å². The summed E-state index contributed by atoms with van der Waals surface area (Å²) in [5, 5.41) is 0. The number of hydrazine groups is 1. The molecule has 0 bridgehead atoms. The van der Waals surface area contributed by atoms with Gasteiger partial charge in [0.25, 0.3) is 0 Å². The van der Waals surface area contributed by atoms with E-state index in [0.29, 0.717) is 12.1 Å². The van der Waals surface area contributed by atoms with Crippen LogP contribution in [0, 0.1) is 17.5 Å². The molecule has 1 aromatic carbocycles. The second-order valence-electron chi connectivity index (χ2n) is 6.98. The number of halogens is 4. The Labute approximate surface area is 171 Å². The van der Waals surface area contributed by atoms with Gasteiger partial charge in [0.15, 0.2) is 17.5 Å². The van der Waals surface area contributed by atoms with Crippen LogP contribution in [0.15, 0.2) is 12.1 Å². The number of amides is 2. The Morgan fingerprint density at radius 1 is 1.14 bits per heavy atom. The number of nitrogens with one attached hydrogen (secondary N) is 2. The van der Waals surface area contributed by atoms with Gasteiger partial charge in [-0.25, -0.2) is 23.4 Å². The molecule has 0 saturated carbocycles. The zero-order valence-corrected chi connectivity index (χ0v) is 17.2. The summed E-state index contributed by atoms with van der Waals surface area (Å²) in [5.41, 5.74) is 3.12. The third kappa shape index (κ3) is 8.08. The lowest BCUT2D eigenvalue weighted by Gasteiger charge is -2.27. The molecule has 0 radical (unpaired) electrons. The number of alkyl halides is 1. The third-order valence-electron chi connectivity index (χ3n) is 3.50. The van der Waals surface area contributed by atoms with Crippen LogP contribution in [-0.2, 0) is 19.0 Å². The molecule has 2 atom stereocenters. The number of ether oxygens (including phenoxy) is 3. The van der Waals surface area contributed by atoms with Crippen LogP contribution in [0.4, 0.5) is 18.0 Å². The van der Waals surface area contributed by atoms with Crippen LogP contribution in [-0.4, -0.2) is 43.5 Å². The van der Waals surface area contributed by atoms with E-state index in [2.05, 4.69) is 5.43 Å². The van der Waals surface area contributed by atoms with Crippen LogP contribution >= 0.6 is 11.6 Å². The molecule has 0 aliphatic rings. The summed E-state index contributed by atoms with van der Waals surface area (Å²) in [4.78, 5) is 24.5. The molecule has 0 saturated heterocycles. The maximum atomic E-state index is 13.7. The number of carbonyl (C=O) groups is 2. The van der Waals surface area contributed by atoms with Crippen molar-refractivity contribution in [1.82, 2.24) is 10.9 Å². The number of hydrogen-bond acceptors (Lipinski definition) is 5. The van der Waals surface area contributed by atoms with E-state index >= 15 is 0 Å². The highest BCUT2D eigenvalue weighted by Crippen LogP contribution is 2.28. The van der Waals surface area contributed by atoms with Crippen molar-refractivity contribution >= 4 is 23.6 Å². The van der Waals surface area contributed by atoms with E-state index in [9.17, 15) is 22.8 Å². The first kappa shape index (κ1) is 25.0. The molecule has 11 heteroatoms. The number of benzene rings is 1. The molecular formula is C18H24ClF3N2O5. The first-order chi connectivity index (χ1) is 13.5. The molecule has 0 aliphatic heterocycles. The quantitative estimate of drug-likeness (QED) is 0.280. The average molecular weight is 441 g/mol. The molecular weight excluding hydrogens is 417 g/mol. The second-order valence-corrected chi connectivity index (χ2v) is 7.36. The number of methoxy groups -OCH3 is 1. The standard InChI is InChI=1S/C18H24ClF3N2O5/c1-18(2,3)29-17(26)24-23-16(25)14(13(5-6-19)28-9-27-4)10-7-11(20)15(22)12(21)8-10/h7-8,13-14H,5-6,9H2,1-4H3,(H,23,25)(H,24,26)/t13-,14-/m0/s1. The summed E-state index contributed by atoms with van der Waals surface area (Å²) in [6, 6.07) is 1.35. The lowest BCUT2D eigenvalue weighted by Crippen LogP contribution is -2.48. The van der Waals surface area contributed by atoms with Crippen molar-refractivity contribution in [1.29, 1.82) is 0 Å². The molecule has 2 N–H and O–H groups in total. The highest BCUT2D eigenvalue weighted by Gasteiger charge is 2.33. The van der Waals surface area contributed by atoms with Crippen molar-refractivity contribution in [2.45, 2.75) is 44.8 Å². The maximum Gasteiger partial charge on any atom is 0.426 e. The van der Waals surface area contributed by atoms with Gasteiger partial charge in [0, 0.05) is 13.0 Å². The number of carbonyl (C=O) groups excluding carboxylic acids is 2. The molecule has 1 rings (SSSR count). The summed E-state index contributed by atoms with van der Waals surface area (Å²) in [6.07, 6.45) is -1.85. The van der Waals surface area contributed by atoms with Gasteiger partial charge in [0.2, 0.25) is 5.91 Å². The van der Waals surface area contributed by atoms with E-state index in [0.717, 1.165) is 0 Å². The zero-order valence-electron chi connectivity index (χ0n) is 16.5. The van der Waals surface area contributed by atoms with E-state index in [4.69, 9.17) is 25.8 Å². The van der Waals surface area contributed by atoms with Gasteiger partial charge in [-0.3, -0.25) is 10.2 Å². The van der Waals surface area contributed by atoms with Gasteiger partial charge >= 0.3 is 6.09 Å². The Morgan fingerprint density at radius 2 is 1.72 bits per heavy atom. The highest BCUT2D eigenvalue weighted by atomic mass is 35.5. The minimum atomic E-state index is -1.67. The zero-order chi connectivity index (χ0) is 22.2. The van der Waals surface area contributed by atoms with Crippen LogP contribution in [0.25, 0.3) is 0 Å². The molecule has 0 spiro atoms. The normalized spacial score (nSPS) is 13.5. The van der Waals surface area contributed by atoms with Crippen molar-refractivity contribution in [2.75, 3.05) is 19.8 Å². The highest BCUT2D eigenvalue weighted by molar-refractivity contribution is 6.17. The van der Waals surface area contributed by atoms with Crippen molar-refractivity contribution in [3.8, 4) is 0 Å². The Hall–Kier alpha value is -2.04. The average Bonchev–Trinajstić information content (AvgIpc) is 2.61. The number of hydrogen-bond donors (Lipinski definition) is 2. The summed E-state index contributed by atoms with van der Waals surface area (Å²) >= 11 is 5.75. The van der Waals surface area contributed by atoms with Gasteiger partial charge in [-0.1, -0.05) is 0 Å². The molecule has 1 aromatic rings. The van der Waals surface area contributed by atoms with Gasteiger partial charge in [-0.15, -0.1) is 11.6 Å². The van der Waals surface area contributed by atoms with Crippen LogP contribution < -0.4 is 10.9 Å². The Balaban J connectivity index is 3.15. The Morgan fingerprint density at radius 3 is 2.21 bits per heavy atom. The van der Waals surface area contributed by atoms with Crippen LogP contribution in [0.2, 0.25) is 0 Å². The van der Waals surface area contributed by atoms with Crippen molar-refractivity contribution in [3.63, 3.8) is 0 Å². The minimum Gasteiger partial charge on any atom is -0.443 e.